The third-order valence-electron chi connectivity index (χ3n) is 6.49. The third-order valence-corrected chi connectivity index (χ3v) is 6.49. The number of rotatable bonds is 8. The molecule has 0 radical (unpaired) electrons. The van der Waals surface area contributed by atoms with E-state index in [9.17, 15) is 0 Å². The van der Waals surface area contributed by atoms with Crippen LogP contribution in [0.3, 0.4) is 0 Å². The van der Waals surface area contributed by atoms with Gasteiger partial charge in [0, 0.05) is 34.6 Å². The number of fused-ring (bicyclic) bond motifs is 2. The molecule has 7 heteroatoms. The van der Waals surface area contributed by atoms with Crippen LogP contribution in [0.4, 0.5) is 5.69 Å². The fourth-order valence-corrected chi connectivity index (χ4v) is 4.61. The molecule has 7 nitrogen and oxygen atoms in total. The minimum Gasteiger partial charge on any atom is -0.358 e. The van der Waals surface area contributed by atoms with Crippen LogP contribution in [0.25, 0.3) is 50.2 Å². The molecular weight excluding hydrogens is 470 g/mol. The highest BCUT2D eigenvalue weighted by molar-refractivity contribution is 5.98. The van der Waals surface area contributed by atoms with Crippen LogP contribution in [0.5, 0.6) is 0 Å². The number of aromatic nitrogens is 6. The van der Waals surface area contributed by atoms with E-state index in [0.717, 1.165) is 87.0 Å². The van der Waals surface area contributed by atoms with Crippen molar-refractivity contribution in [1.29, 1.82) is 0 Å². The van der Waals surface area contributed by atoms with Crippen LogP contribution < -0.4 is 5.32 Å². The third kappa shape index (κ3) is 5.00. The Balaban J connectivity index is 0.00000144. The first-order valence-corrected chi connectivity index (χ1v) is 13.3. The largest absolute Gasteiger partial charge is 0.358 e. The van der Waals surface area contributed by atoms with E-state index in [0.29, 0.717) is 5.82 Å². The number of aromatic amines is 2. The maximum Gasteiger partial charge on any atom is 0.159 e. The number of hydrogen-bond acceptors (Lipinski definition) is 5. The number of anilines is 1. The highest BCUT2D eigenvalue weighted by atomic mass is 15.1. The molecule has 0 bridgehead atoms. The summed E-state index contributed by atoms with van der Waals surface area (Å²) in [5.41, 5.74) is 9.72. The molecule has 0 saturated heterocycles. The molecule has 5 aromatic rings. The number of hydrogen-bond donors (Lipinski definition) is 3. The summed E-state index contributed by atoms with van der Waals surface area (Å²) in [5.74, 6) is 0.714. The second-order valence-corrected chi connectivity index (χ2v) is 9.09. The SMILES string of the molecule is C=C(CCCC)Nc1cncc(-c2ccc3[nH]nc(-c4nc5c(C6=CCC=C6)cncc5[nH]4)c3c2)c1.CC. The van der Waals surface area contributed by atoms with Crippen LogP contribution in [0.2, 0.25) is 0 Å². The average molecular weight is 504 g/mol. The van der Waals surface area contributed by atoms with E-state index in [-0.39, 0.29) is 0 Å². The van der Waals surface area contributed by atoms with Crippen LogP contribution in [0.15, 0.2) is 79.6 Å². The van der Waals surface area contributed by atoms with Crippen molar-refractivity contribution >= 4 is 33.2 Å². The molecule has 0 aliphatic heterocycles. The van der Waals surface area contributed by atoms with Crippen molar-refractivity contribution in [3.05, 3.63) is 85.1 Å². The van der Waals surface area contributed by atoms with Crippen LogP contribution >= 0.6 is 0 Å². The lowest BCUT2D eigenvalue weighted by Gasteiger charge is -2.10. The van der Waals surface area contributed by atoms with Gasteiger partial charge >= 0.3 is 0 Å². The molecule has 4 heterocycles. The van der Waals surface area contributed by atoms with Crippen LogP contribution in [-0.2, 0) is 0 Å². The van der Waals surface area contributed by atoms with Crippen molar-refractivity contribution in [1.82, 2.24) is 30.1 Å². The topological polar surface area (TPSA) is 95.2 Å². The fourth-order valence-electron chi connectivity index (χ4n) is 4.61. The summed E-state index contributed by atoms with van der Waals surface area (Å²) in [6.07, 6.45) is 18.0. The molecule has 1 aromatic carbocycles. The second-order valence-electron chi connectivity index (χ2n) is 9.09. The van der Waals surface area contributed by atoms with Crippen LogP contribution in [-0.4, -0.2) is 30.1 Å². The van der Waals surface area contributed by atoms with Gasteiger partial charge in [-0.1, -0.05) is 58.1 Å². The van der Waals surface area contributed by atoms with Crippen molar-refractivity contribution in [2.24, 2.45) is 0 Å². The molecule has 1 aliphatic rings. The lowest BCUT2D eigenvalue weighted by molar-refractivity contribution is 0.791. The van der Waals surface area contributed by atoms with Gasteiger partial charge in [0.15, 0.2) is 5.82 Å². The number of nitrogens with zero attached hydrogens (tertiary/aromatic N) is 4. The van der Waals surface area contributed by atoms with Gasteiger partial charge in [-0.25, -0.2) is 4.98 Å². The number of imidazole rings is 1. The minimum absolute atomic E-state index is 0.714. The van der Waals surface area contributed by atoms with Gasteiger partial charge in [-0.15, -0.1) is 0 Å². The molecule has 192 valence electrons. The first kappa shape index (κ1) is 25.1. The highest BCUT2D eigenvalue weighted by Gasteiger charge is 2.17. The van der Waals surface area contributed by atoms with Gasteiger partial charge in [0.05, 0.1) is 34.6 Å². The molecule has 0 spiro atoms. The summed E-state index contributed by atoms with van der Waals surface area (Å²) in [4.78, 5) is 17.2. The molecule has 0 unspecified atom stereocenters. The van der Waals surface area contributed by atoms with Crippen molar-refractivity contribution in [2.75, 3.05) is 5.32 Å². The summed E-state index contributed by atoms with van der Waals surface area (Å²) in [7, 11) is 0. The molecule has 0 saturated carbocycles. The maximum absolute atomic E-state index is 4.94. The summed E-state index contributed by atoms with van der Waals surface area (Å²) in [6, 6.07) is 8.37. The standard InChI is InChI=1S/C29H27N7.C2H6/c1-3-4-7-18(2)32-22-12-21(14-30-15-22)20-10-11-25-23(13-20)28(36-35-25)29-33-26-17-31-16-24(27(26)34-29)19-8-5-6-9-19;1-2/h5,8-17,32H,2-4,6-7H2,1H3,(H,33,34)(H,35,36);1-2H3. The van der Waals surface area contributed by atoms with E-state index in [1.54, 1.807) is 0 Å². The molecule has 38 heavy (non-hydrogen) atoms. The lowest BCUT2D eigenvalue weighted by Crippen LogP contribution is -1.98. The number of benzene rings is 1. The van der Waals surface area contributed by atoms with Gasteiger partial charge in [-0.3, -0.25) is 15.1 Å². The Morgan fingerprint density at radius 2 is 1.89 bits per heavy atom. The lowest BCUT2D eigenvalue weighted by atomic mass is 10.0. The van der Waals surface area contributed by atoms with Crippen molar-refractivity contribution in [3.63, 3.8) is 0 Å². The van der Waals surface area contributed by atoms with E-state index in [1.807, 2.05) is 44.7 Å². The van der Waals surface area contributed by atoms with Crippen molar-refractivity contribution in [2.45, 2.75) is 46.5 Å². The zero-order valence-corrected chi connectivity index (χ0v) is 22.2. The Bertz CT molecular complexity index is 1650. The van der Waals surface area contributed by atoms with Crippen LogP contribution in [0, 0.1) is 0 Å². The number of nitrogens with one attached hydrogen (secondary N) is 3. The van der Waals surface area contributed by atoms with Crippen molar-refractivity contribution < 1.29 is 0 Å². The Kier molecular flexibility index (Phi) is 7.45. The van der Waals surface area contributed by atoms with Gasteiger partial charge < -0.3 is 10.3 Å². The van der Waals surface area contributed by atoms with E-state index in [4.69, 9.17) is 4.98 Å². The zero-order valence-electron chi connectivity index (χ0n) is 22.2. The molecule has 0 amide bonds. The number of allylic oxidation sites excluding steroid dienone is 5. The highest BCUT2D eigenvalue weighted by Crippen LogP contribution is 2.33. The molecule has 0 atom stereocenters. The fraction of sp³-hybridized carbons (Fsp3) is 0.226. The summed E-state index contributed by atoms with van der Waals surface area (Å²) >= 11 is 0. The van der Waals surface area contributed by atoms with Gasteiger partial charge in [-0.2, -0.15) is 5.10 Å². The Hall–Kier alpha value is -4.52. The number of pyridine rings is 2. The quantitative estimate of drug-likeness (QED) is 0.199. The van der Waals surface area contributed by atoms with Gasteiger partial charge in [0.2, 0.25) is 0 Å². The summed E-state index contributed by atoms with van der Waals surface area (Å²) in [5, 5.41) is 12.1. The molecule has 0 fully saturated rings. The van der Waals surface area contributed by atoms with Crippen LogP contribution in [0.1, 0.15) is 52.0 Å². The van der Waals surface area contributed by atoms with Crippen molar-refractivity contribution in [3.8, 4) is 22.6 Å². The first-order valence-electron chi connectivity index (χ1n) is 13.3. The summed E-state index contributed by atoms with van der Waals surface area (Å²) in [6.45, 7) is 10.3. The van der Waals surface area contributed by atoms with Gasteiger partial charge in [-0.05, 0) is 48.6 Å². The maximum atomic E-state index is 4.94. The van der Waals surface area contributed by atoms with E-state index in [1.165, 1.54) is 0 Å². The molecule has 6 rings (SSSR count). The predicted octanol–water partition coefficient (Wildman–Crippen LogP) is 8.05. The smallest absolute Gasteiger partial charge is 0.159 e. The number of unbranched alkanes of at least 4 members (excludes halogenated alkanes) is 1. The Labute approximate surface area is 222 Å². The van der Waals surface area contributed by atoms with E-state index >= 15 is 0 Å². The van der Waals surface area contributed by atoms with Gasteiger partial charge in [0.1, 0.15) is 5.69 Å². The Morgan fingerprint density at radius 3 is 2.71 bits per heavy atom. The van der Waals surface area contributed by atoms with Gasteiger partial charge in [0.25, 0.3) is 0 Å². The first-order chi connectivity index (χ1) is 18.7. The van der Waals surface area contributed by atoms with E-state index in [2.05, 4.69) is 80.4 Å². The molecule has 4 aromatic heterocycles. The predicted molar refractivity (Wildman–Crippen MR) is 158 cm³/mol. The molecular formula is C31H33N7. The number of H-pyrrole nitrogens is 2. The minimum atomic E-state index is 0.714. The van der Waals surface area contributed by atoms with E-state index < -0.39 is 0 Å². The summed E-state index contributed by atoms with van der Waals surface area (Å²) < 4.78 is 0. The molecule has 3 N–H and O–H groups in total. The zero-order chi connectivity index (χ0) is 26.5. The molecule has 1 aliphatic carbocycles. The normalized spacial score (nSPS) is 12.4. The Morgan fingerprint density at radius 1 is 1.03 bits per heavy atom. The monoisotopic (exact) mass is 503 g/mol. The average Bonchev–Trinajstić information content (AvgIpc) is 3.72. The second kappa shape index (κ2) is 11.3.